The number of nitrogens with zero attached hydrogens (tertiary/aromatic N) is 1. The second-order valence-corrected chi connectivity index (χ2v) is 7.64. The highest BCUT2D eigenvalue weighted by atomic mass is 16.5. The molecule has 3 aromatic rings. The number of carbonyl (C=O) groups is 1. The molecule has 154 valence electrons. The van der Waals surface area contributed by atoms with Crippen LogP contribution in [0.5, 0.6) is 5.75 Å². The van der Waals surface area contributed by atoms with Crippen LogP contribution in [0, 0.1) is 0 Å². The first-order valence-electron chi connectivity index (χ1n) is 10.4. The van der Waals surface area contributed by atoms with Gasteiger partial charge in [0.2, 0.25) is 0 Å². The largest absolute Gasteiger partial charge is 0.493 e. The minimum atomic E-state index is -0.943. The van der Waals surface area contributed by atoms with E-state index in [1.54, 1.807) is 6.20 Å². The van der Waals surface area contributed by atoms with Crippen molar-refractivity contribution in [3.05, 3.63) is 89.2 Å². The molecule has 0 aliphatic heterocycles. The Morgan fingerprint density at radius 3 is 2.87 bits per heavy atom. The number of fused-ring (bicyclic) bond motifs is 1. The molecule has 0 bridgehead atoms. The smallest absolute Gasteiger partial charge is 0.337 e. The summed E-state index contributed by atoms with van der Waals surface area (Å²) in [6, 6.07) is 18.3. The number of rotatable bonds is 8. The van der Waals surface area contributed by atoms with Crippen molar-refractivity contribution < 1.29 is 14.6 Å². The monoisotopic (exact) mass is 402 g/mol. The van der Waals surface area contributed by atoms with Gasteiger partial charge in [0.15, 0.2) is 0 Å². The molecule has 1 aliphatic rings. The first-order chi connectivity index (χ1) is 14.7. The molecule has 0 spiro atoms. The molecule has 5 nitrogen and oxygen atoms in total. The second-order valence-electron chi connectivity index (χ2n) is 7.64. The third kappa shape index (κ3) is 4.79. The summed E-state index contributed by atoms with van der Waals surface area (Å²) in [5.74, 6) is 0.314. The molecular weight excluding hydrogens is 376 g/mol. The molecule has 2 aromatic carbocycles. The van der Waals surface area contributed by atoms with E-state index in [2.05, 4.69) is 40.6 Å². The van der Waals surface area contributed by atoms with Crippen LogP contribution in [-0.4, -0.2) is 29.2 Å². The van der Waals surface area contributed by atoms with Gasteiger partial charge in [-0.2, -0.15) is 0 Å². The number of nitrogens with one attached hydrogen (secondary N) is 1. The molecule has 0 saturated heterocycles. The average molecular weight is 402 g/mol. The van der Waals surface area contributed by atoms with Crippen LogP contribution in [0.15, 0.2) is 67.0 Å². The van der Waals surface area contributed by atoms with Crippen molar-refractivity contribution in [3.8, 4) is 5.75 Å². The first kappa shape index (κ1) is 20.0. The Labute approximate surface area is 176 Å². The number of aromatic carboxylic acids is 1. The van der Waals surface area contributed by atoms with Crippen LogP contribution in [-0.2, 0) is 12.8 Å². The molecule has 1 heterocycles. The number of aromatic nitrogens is 1. The molecule has 0 radical (unpaired) electrons. The van der Waals surface area contributed by atoms with E-state index >= 15 is 0 Å². The highest BCUT2D eigenvalue weighted by Gasteiger charge is 2.21. The summed E-state index contributed by atoms with van der Waals surface area (Å²) in [5.41, 5.74) is 4.75. The van der Waals surface area contributed by atoms with Gasteiger partial charge in [0.1, 0.15) is 5.75 Å². The Hall–Kier alpha value is -3.34. The minimum Gasteiger partial charge on any atom is -0.493 e. The van der Waals surface area contributed by atoms with Crippen LogP contribution in [0.4, 0.5) is 5.69 Å². The topological polar surface area (TPSA) is 71.5 Å². The van der Waals surface area contributed by atoms with E-state index in [0.717, 1.165) is 31.4 Å². The summed E-state index contributed by atoms with van der Waals surface area (Å²) in [6.07, 6.45) is 7.22. The summed E-state index contributed by atoms with van der Waals surface area (Å²) in [7, 11) is 0. The van der Waals surface area contributed by atoms with Crippen molar-refractivity contribution in [2.24, 2.45) is 0 Å². The van der Waals surface area contributed by atoms with E-state index < -0.39 is 5.97 Å². The lowest BCUT2D eigenvalue weighted by atomic mass is 9.82. The van der Waals surface area contributed by atoms with E-state index in [1.165, 1.54) is 29.0 Å². The third-order valence-electron chi connectivity index (χ3n) is 5.65. The summed E-state index contributed by atoms with van der Waals surface area (Å²) in [6.45, 7) is 1.35. The van der Waals surface area contributed by atoms with Crippen molar-refractivity contribution >= 4 is 11.7 Å². The van der Waals surface area contributed by atoms with E-state index in [4.69, 9.17) is 4.74 Å². The van der Waals surface area contributed by atoms with Crippen molar-refractivity contribution in [1.29, 1.82) is 0 Å². The molecule has 0 amide bonds. The molecular formula is C25H26N2O3. The first-order valence-corrected chi connectivity index (χ1v) is 10.4. The molecule has 1 atom stereocenters. The van der Waals surface area contributed by atoms with Crippen molar-refractivity contribution in [2.75, 3.05) is 18.5 Å². The molecule has 1 aliphatic carbocycles. The molecule has 0 saturated carbocycles. The van der Waals surface area contributed by atoms with Crippen LogP contribution in [0.2, 0.25) is 0 Å². The summed E-state index contributed by atoms with van der Waals surface area (Å²) >= 11 is 0. The lowest BCUT2D eigenvalue weighted by molar-refractivity contribution is 0.0697. The lowest BCUT2D eigenvalue weighted by Crippen LogP contribution is -2.19. The van der Waals surface area contributed by atoms with E-state index in [9.17, 15) is 9.90 Å². The Morgan fingerprint density at radius 2 is 2.03 bits per heavy atom. The number of hydrogen-bond donors (Lipinski definition) is 2. The van der Waals surface area contributed by atoms with Gasteiger partial charge >= 0.3 is 5.97 Å². The van der Waals surface area contributed by atoms with Gasteiger partial charge in [-0.1, -0.05) is 36.4 Å². The van der Waals surface area contributed by atoms with Gasteiger partial charge < -0.3 is 15.2 Å². The van der Waals surface area contributed by atoms with Gasteiger partial charge in [-0.05, 0) is 54.2 Å². The Bertz CT molecular complexity index is 1000. The second kappa shape index (κ2) is 9.44. The van der Waals surface area contributed by atoms with Gasteiger partial charge in [-0.15, -0.1) is 0 Å². The van der Waals surface area contributed by atoms with Gasteiger partial charge in [0, 0.05) is 25.1 Å². The van der Waals surface area contributed by atoms with Crippen molar-refractivity contribution in [2.45, 2.75) is 31.6 Å². The number of pyridine rings is 1. The maximum absolute atomic E-state index is 11.4. The summed E-state index contributed by atoms with van der Waals surface area (Å²) in [4.78, 5) is 15.5. The number of anilines is 1. The SMILES string of the molecule is O=C(O)c1ccncc1NC[C@@H]1CCCc2cc(OCCc3ccccc3)ccc21. The fourth-order valence-electron chi connectivity index (χ4n) is 4.08. The molecule has 2 N–H and O–H groups in total. The number of hydrogen-bond acceptors (Lipinski definition) is 4. The molecule has 30 heavy (non-hydrogen) atoms. The normalized spacial score (nSPS) is 15.3. The van der Waals surface area contributed by atoms with Crippen molar-refractivity contribution in [1.82, 2.24) is 4.98 Å². The highest BCUT2D eigenvalue weighted by molar-refractivity contribution is 5.93. The zero-order chi connectivity index (χ0) is 20.8. The van der Waals surface area contributed by atoms with E-state index in [0.29, 0.717) is 24.8 Å². The number of aryl methyl sites for hydroxylation is 1. The molecule has 0 unspecified atom stereocenters. The van der Waals surface area contributed by atoms with E-state index in [1.807, 2.05) is 18.2 Å². The lowest BCUT2D eigenvalue weighted by Gasteiger charge is -2.27. The zero-order valence-corrected chi connectivity index (χ0v) is 16.9. The summed E-state index contributed by atoms with van der Waals surface area (Å²) in [5, 5.41) is 12.7. The minimum absolute atomic E-state index is 0.253. The standard InChI is InChI=1S/C25H26N2O3/c28-25(29)23-11-13-26-17-24(23)27-16-20-8-4-7-19-15-21(9-10-22(19)20)30-14-12-18-5-2-1-3-6-18/h1-3,5-6,9-11,13,15,17,20,27H,4,7-8,12,14,16H2,(H,28,29)/t20-/m0/s1. The quantitative estimate of drug-likeness (QED) is 0.559. The fraction of sp³-hybridized carbons (Fsp3) is 0.280. The van der Waals surface area contributed by atoms with Crippen LogP contribution >= 0.6 is 0 Å². The van der Waals surface area contributed by atoms with Crippen LogP contribution in [0.3, 0.4) is 0 Å². The Morgan fingerprint density at radius 1 is 1.17 bits per heavy atom. The Kier molecular flexibility index (Phi) is 6.28. The maximum Gasteiger partial charge on any atom is 0.337 e. The highest BCUT2D eigenvalue weighted by Crippen LogP contribution is 2.34. The summed E-state index contributed by atoms with van der Waals surface area (Å²) < 4.78 is 5.99. The molecule has 4 rings (SSSR count). The van der Waals surface area contributed by atoms with Gasteiger partial charge in [0.25, 0.3) is 0 Å². The molecule has 0 fully saturated rings. The van der Waals surface area contributed by atoms with Crippen molar-refractivity contribution in [3.63, 3.8) is 0 Å². The van der Waals surface area contributed by atoms with Crippen LogP contribution in [0.1, 0.15) is 45.8 Å². The zero-order valence-electron chi connectivity index (χ0n) is 16.9. The number of benzene rings is 2. The van der Waals surface area contributed by atoms with Gasteiger partial charge in [-0.25, -0.2) is 4.79 Å². The Balaban J connectivity index is 1.39. The number of carboxylic acids is 1. The average Bonchev–Trinajstić information content (AvgIpc) is 2.78. The number of ether oxygens (including phenoxy) is 1. The van der Waals surface area contributed by atoms with Crippen LogP contribution < -0.4 is 10.1 Å². The maximum atomic E-state index is 11.4. The molecule has 1 aromatic heterocycles. The van der Waals surface area contributed by atoms with Gasteiger partial charge in [-0.3, -0.25) is 4.98 Å². The predicted molar refractivity (Wildman–Crippen MR) is 117 cm³/mol. The van der Waals surface area contributed by atoms with E-state index in [-0.39, 0.29) is 5.56 Å². The van der Waals surface area contributed by atoms with Gasteiger partial charge in [0.05, 0.1) is 24.1 Å². The van der Waals surface area contributed by atoms with Crippen LogP contribution in [0.25, 0.3) is 0 Å². The molecule has 5 heteroatoms. The predicted octanol–water partition coefficient (Wildman–Crippen LogP) is 4.93. The number of carboxylic acid groups (broad SMARTS) is 1. The third-order valence-corrected chi connectivity index (χ3v) is 5.65. The fourth-order valence-corrected chi connectivity index (χ4v) is 4.08.